The fourth-order valence-electron chi connectivity index (χ4n) is 2.75. The van der Waals surface area contributed by atoms with Crippen LogP contribution in [0.2, 0.25) is 0 Å². The number of thiophene rings is 1. The van der Waals surface area contributed by atoms with Crippen molar-refractivity contribution in [1.82, 2.24) is 0 Å². The second kappa shape index (κ2) is 9.17. The normalized spacial score (nSPS) is 13.3. The number of aliphatic imine (C=N–C) groups is 1. The molecule has 1 heterocycles. The van der Waals surface area contributed by atoms with Gasteiger partial charge in [-0.15, -0.1) is 11.3 Å². The van der Waals surface area contributed by atoms with Gasteiger partial charge in [-0.05, 0) is 48.0 Å². The average molecular weight is 481 g/mol. The number of alkyl halides is 3. The summed E-state index contributed by atoms with van der Waals surface area (Å²) >= 11 is 1.16. The number of nitrogens with zero attached hydrogens (tertiary/aromatic N) is 1. The summed E-state index contributed by atoms with van der Waals surface area (Å²) in [6, 6.07) is 16.3. The van der Waals surface area contributed by atoms with Gasteiger partial charge < -0.3 is 10.5 Å². The Hall–Kier alpha value is -3.11. The average Bonchev–Trinajstić information content (AvgIpc) is 3.22. The van der Waals surface area contributed by atoms with Crippen molar-refractivity contribution in [1.29, 1.82) is 0 Å². The van der Waals surface area contributed by atoms with Gasteiger partial charge in [-0.1, -0.05) is 24.3 Å². The molecule has 32 heavy (non-hydrogen) atoms. The molecular weight excluding hydrogens is 461 g/mol. The van der Waals surface area contributed by atoms with E-state index in [1.165, 1.54) is 19.2 Å². The first kappa shape index (κ1) is 23.6. The molecule has 2 aromatic carbocycles. The van der Waals surface area contributed by atoms with E-state index < -0.39 is 21.7 Å². The molecule has 5 nitrogen and oxygen atoms in total. The summed E-state index contributed by atoms with van der Waals surface area (Å²) in [5.74, 6) is 0.390. The zero-order valence-electron chi connectivity index (χ0n) is 17.1. The number of hydrogen-bond acceptors (Lipinski definition) is 6. The second-order valence-corrected chi connectivity index (χ2v) is 9.83. The highest BCUT2D eigenvalue weighted by molar-refractivity contribution is 7.90. The Morgan fingerprint density at radius 2 is 1.81 bits per heavy atom. The van der Waals surface area contributed by atoms with Crippen LogP contribution in [-0.2, 0) is 9.84 Å². The lowest BCUT2D eigenvalue weighted by Gasteiger charge is -2.09. The fourth-order valence-corrected chi connectivity index (χ4v) is 4.38. The van der Waals surface area contributed by atoms with Crippen LogP contribution in [0.4, 0.5) is 18.9 Å². The third kappa shape index (κ3) is 5.57. The predicted molar refractivity (Wildman–Crippen MR) is 120 cm³/mol. The van der Waals surface area contributed by atoms with Crippen molar-refractivity contribution in [2.24, 2.45) is 10.7 Å². The van der Waals surface area contributed by atoms with Crippen LogP contribution in [0.5, 0.6) is 5.75 Å². The maximum absolute atomic E-state index is 13.1. The number of para-hydroxylation sites is 2. The number of allylic oxidation sites excluding steroid dienone is 2. The summed E-state index contributed by atoms with van der Waals surface area (Å²) in [6.07, 6.45) is -2.84. The second-order valence-electron chi connectivity index (χ2n) is 6.73. The highest BCUT2D eigenvalue weighted by Gasteiger charge is 2.32. The lowest BCUT2D eigenvalue weighted by atomic mass is 10.2. The van der Waals surface area contributed by atoms with Crippen molar-refractivity contribution in [2.75, 3.05) is 13.4 Å². The van der Waals surface area contributed by atoms with Crippen molar-refractivity contribution in [3.8, 4) is 16.2 Å². The van der Waals surface area contributed by atoms with Crippen LogP contribution in [0, 0.1) is 0 Å². The summed E-state index contributed by atoms with van der Waals surface area (Å²) in [5, 5.41) is 0. The Kier molecular flexibility index (Phi) is 6.75. The van der Waals surface area contributed by atoms with Gasteiger partial charge in [-0.25, -0.2) is 13.4 Å². The molecule has 10 heteroatoms. The predicted octanol–water partition coefficient (Wildman–Crippen LogP) is 5.35. The number of sulfone groups is 1. The zero-order valence-corrected chi connectivity index (χ0v) is 18.7. The van der Waals surface area contributed by atoms with E-state index in [0.717, 1.165) is 23.7 Å². The quantitative estimate of drug-likeness (QED) is 0.482. The number of halogens is 3. The third-order valence-corrected chi connectivity index (χ3v) is 6.62. The molecule has 0 aliphatic carbocycles. The van der Waals surface area contributed by atoms with E-state index in [1.807, 2.05) is 0 Å². The summed E-state index contributed by atoms with van der Waals surface area (Å²) in [4.78, 5) is 5.60. The van der Waals surface area contributed by atoms with Crippen molar-refractivity contribution in [3.63, 3.8) is 0 Å². The molecule has 1 aromatic heterocycles. The molecule has 3 rings (SSSR count). The number of methoxy groups -OCH3 is 1. The molecule has 0 unspecified atom stereocenters. The van der Waals surface area contributed by atoms with Crippen LogP contribution in [-0.4, -0.2) is 33.7 Å². The molecule has 0 saturated heterocycles. The number of benzene rings is 2. The summed E-state index contributed by atoms with van der Waals surface area (Å²) in [5.41, 5.74) is 4.93. The van der Waals surface area contributed by atoms with Crippen LogP contribution < -0.4 is 10.5 Å². The van der Waals surface area contributed by atoms with Gasteiger partial charge in [-0.2, -0.15) is 13.2 Å². The first-order valence-corrected chi connectivity index (χ1v) is 11.9. The van der Waals surface area contributed by atoms with Gasteiger partial charge >= 0.3 is 6.18 Å². The minimum Gasteiger partial charge on any atom is -0.494 e. The van der Waals surface area contributed by atoms with Gasteiger partial charge in [0, 0.05) is 11.1 Å². The number of ether oxygens (including phenoxy) is 1. The number of nitrogens with two attached hydrogens (primary N) is 1. The van der Waals surface area contributed by atoms with Gasteiger partial charge in [0.05, 0.1) is 22.6 Å². The Labute approximate surface area is 187 Å². The van der Waals surface area contributed by atoms with Crippen molar-refractivity contribution in [2.45, 2.75) is 11.1 Å². The van der Waals surface area contributed by atoms with Crippen LogP contribution >= 0.6 is 11.3 Å². The molecule has 0 saturated carbocycles. The van der Waals surface area contributed by atoms with E-state index in [9.17, 15) is 21.6 Å². The number of rotatable bonds is 6. The van der Waals surface area contributed by atoms with Gasteiger partial charge in [0.15, 0.2) is 9.84 Å². The topological polar surface area (TPSA) is 81.8 Å². The Bertz CT molecular complexity index is 1290. The molecule has 0 atom stereocenters. The van der Waals surface area contributed by atoms with Gasteiger partial charge in [0.2, 0.25) is 0 Å². The Morgan fingerprint density at radius 1 is 1.09 bits per heavy atom. The van der Waals surface area contributed by atoms with E-state index in [1.54, 1.807) is 48.5 Å². The smallest absolute Gasteiger partial charge is 0.430 e. The van der Waals surface area contributed by atoms with Crippen LogP contribution in [0.1, 0.15) is 4.88 Å². The highest BCUT2D eigenvalue weighted by Crippen LogP contribution is 2.33. The van der Waals surface area contributed by atoms with Gasteiger partial charge in [0.25, 0.3) is 0 Å². The molecule has 0 amide bonds. The van der Waals surface area contributed by atoms with Gasteiger partial charge in [0.1, 0.15) is 17.1 Å². The summed E-state index contributed by atoms with van der Waals surface area (Å²) in [6.45, 7) is 0. The lowest BCUT2D eigenvalue weighted by Crippen LogP contribution is -2.20. The Balaban J connectivity index is 2.12. The Morgan fingerprint density at radius 3 is 2.47 bits per heavy atom. The SMILES string of the molecule is COc1ccccc1N=C(/C=C(\N)C(F)(F)F)c1ccc(-c2cccc(S(C)(=O)=O)c2)s1. The monoisotopic (exact) mass is 480 g/mol. The molecule has 3 aromatic rings. The summed E-state index contributed by atoms with van der Waals surface area (Å²) in [7, 11) is -1.97. The van der Waals surface area contributed by atoms with E-state index in [4.69, 9.17) is 10.5 Å². The molecule has 0 fully saturated rings. The van der Waals surface area contributed by atoms with Crippen LogP contribution in [0.25, 0.3) is 10.4 Å². The highest BCUT2D eigenvalue weighted by atomic mass is 32.2. The fraction of sp³-hybridized carbons (Fsp3) is 0.136. The molecule has 0 radical (unpaired) electrons. The summed E-state index contributed by atoms with van der Waals surface area (Å²) < 4.78 is 68.3. The molecule has 2 N–H and O–H groups in total. The standard InChI is InChI=1S/C22H19F3N2O3S2/c1-30-18-9-4-3-8-16(18)27-17(13-21(26)22(23,24)25)20-11-10-19(31-20)14-6-5-7-15(12-14)32(2,28)29/h3-13H,26H2,1-2H3/b21-13-,27-17?. The maximum atomic E-state index is 13.1. The largest absolute Gasteiger partial charge is 0.494 e. The minimum atomic E-state index is -4.72. The molecule has 0 aliphatic heterocycles. The van der Waals surface area contributed by atoms with Gasteiger partial charge in [-0.3, -0.25) is 0 Å². The van der Waals surface area contributed by atoms with E-state index >= 15 is 0 Å². The van der Waals surface area contributed by atoms with E-state index in [0.29, 0.717) is 26.8 Å². The maximum Gasteiger partial charge on any atom is 0.430 e. The third-order valence-electron chi connectivity index (χ3n) is 4.35. The van der Waals surface area contributed by atoms with E-state index in [2.05, 4.69) is 4.99 Å². The van der Waals surface area contributed by atoms with Crippen molar-refractivity contribution < 1.29 is 26.3 Å². The van der Waals surface area contributed by atoms with Crippen molar-refractivity contribution >= 4 is 32.6 Å². The molecular formula is C22H19F3N2O3S2. The van der Waals surface area contributed by atoms with Crippen molar-refractivity contribution in [3.05, 3.63) is 77.3 Å². The molecule has 0 aliphatic rings. The first-order valence-electron chi connectivity index (χ1n) is 9.16. The van der Waals surface area contributed by atoms with E-state index in [-0.39, 0.29) is 10.6 Å². The number of hydrogen-bond donors (Lipinski definition) is 1. The molecule has 168 valence electrons. The van der Waals surface area contributed by atoms with Crippen LogP contribution in [0.15, 0.2) is 82.3 Å². The molecule has 0 spiro atoms. The first-order chi connectivity index (χ1) is 15.0. The zero-order chi connectivity index (χ0) is 23.5. The lowest BCUT2D eigenvalue weighted by molar-refractivity contribution is -0.0925. The minimum absolute atomic E-state index is 0.000146. The van der Waals surface area contributed by atoms with Crippen LogP contribution in [0.3, 0.4) is 0 Å². The molecule has 0 bridgehead atoms.